The first-order valence-corrected chi connectivity index (χ1v) is 9.60. The van der Waals surface area contributed by atoms with E-state index in [1.165, 1.54) is 29.2 Å². The molecule has 1 aliphatic carbocycles. The number of carboxylic acid groups (broad SMARTS) is 1. The van der Waals surface area contributed by atoms with Gasteiger partial charge in [-0.05, 0) is 37.3 Å². The quantitative estimate of drug-likeness (QED) is 0.579. The lowest BCUT2D eigenvalue weighted by Crippen LogP contribution is -2.16. The van der Waals surface area contributed by atoms with Crippen LogP contribution < -0.4 is 5.32 Å². The molecule has 0 atom stereocenters. The SMILES string of the molecule is COC(=O)c1c(NC(=O)c2ccn(CCC(=O)O)n2)sc2c1CCCCC2. The van der Waals surface area contributed by atoms with Crippen molar-refractivity contribution < 1.29 is 24.2 Å². The van der Waals surface area contributed by atoms with Crippen LogP contribution in [-0.2, 0) is 28.9 Å². The fourth-order valence-electron chi connectivity index (χ4n) is 3.13. The molecule has 8 nitrogen and oxygen atoms in total. The molecule has 0 saturated heterocycles. The number of hydrogen-bond acceptors (Lipinski definition) is 6. The first-order valence-electron chi connectivity index (χ1n) is 8.79. The van der Waals surface area contributed by atoms with Gasteiger partial charge in [0.15, 0.2) is 5.69 Å². The summed E-state index contributed by atoms with van der Waals surface area (Å²) in [5.41, 5.74) is 1.59. The Hall–Kier alpha value is -2.68. The van der Waals surface area contributed by atoms with Crippen molar-refractivity contribution >= 4 is 34.2 Å². The van der Waals surface area contributed by atoms with Gasteiger partial charge in [-0.25, -0.2) is 4.79 Å². The van der Waals surface area contributed by atoms with Crippen molar-refractivity contribution in [3.63, 3.8) is 0 Å². The highest BCUT2D eigenvalue weighted by Crippen LogP contribution is 2.38. The fourth-order valence-corrected chi connectivity index (χ4v) is 4.41. The summed E-state index contributed by atoms with van der Waals surface area (Å²) in [6.45, 7) is 0.184. The largest absolute Gasteiger partial charge is 0.481 e. The fraction of sp³-hybridized carbons (Fsp3) is 0.444. The van der Waals surface area contributed by atoms with E-state index in [0.717, 1.165) is 42.5 Å². The van der Waals surface area contributed by atoms with Crippen LogP contribution in [0.4, 0.5) is 5.00 Å². The van der Waals surface area contributed by atoms with Gasteiger partial charge in [0.2, 0.25) is 0 Å². The van der Waals surface area contributed by atoms with Crippen molar-refractivity contribution in [3.05, 3.63) is 34.0 Å². The van der Waals surface area contributed by atoms with Crippen LogP contribution in [0.1, 0.15) is 57.0 Å². The summed E-state index contributed by atoms with van der Waals surface area (Å²) in [6, 6.07) is 1.52. The van der Waals surface area contributed by atoms with Gasteiger partial charge in [0.05, 0.1) is 25.6 Å². The van der Waals surface area contributed by atoms with Crippen molar-refractivity contribution in [2.45, 2.75) is 45.1 Å². The molecule has 0 aromatic carbocycles. The van der Waals surface area contributed by atoms with E-state index in [1.54, 1.807) is 6.20 Å². The second-order valence-corrected chi connectivity index (χ2v) is 7.43. The Morgan fingerprint density at radius 1 is 1.30 bits per heavy atom. The van der Waals surface area contributed by atoms with E-state index in [1.807, 2.05) is 0 Å². The highest BCUT2D eigenvalue weighted by molar-refractivity contribution is 7.17. The minimum absolute atomic E-state index is 0.0765. The molecule has 0 unspecified atom stereocenters. The molecule has 2 N–H and O–H groups in total. The van der Waals surface area contributed by atoms with Gasteiger partial charge in [-0.15, -0.1) is 11.3 Å². The monoisotopic (exact) mass is 391 g/mol. The number of aliphatic carboxylic acids is 1. The number of esters is 1. The maximum atomic E-state index is 12.6. The van der Waals surface area contributed by atoms with Gasteiger partial charge in [-0.2, -0.15) is 5.10 Å². The standard InChI is InChI=1S/C18H21N3O5S/c1-26-18(25)15-11-5-3-2-4-6-13(11)27-17(15)19-16(24)12-7-9-21(20-12)10-8-14(22)23/h7,9H,2-6,8,10H2,1H3,(H,19,24)(H,22,23). The molecule has 0 radical (unpaired) electrons. The number of rotatable bonds is 6. The molecular formula is C18H21N3O5S. The summed E-state index contributed by atoms with van der Waals surface area (Å²) >= 11 is 1.42. The summed E-state index contributed by atoms with van der Waals surface area (Å²) in [5, 5.41) is 16.1. The molecular weight excluding hydrogens is 370 g/mol. The Kier molecular flexibility index (Phi) is 5.90. The Bertz CT molecular complexity index is 870. The Labute approximate surface area is 160 Å². The second kappa shape index (κ2) is 8.34. The van der Waals surface area contributed by atoms with Crippen LogP contribution in [0.3, 0.4) is 0 Å². The molecule has 1 amide bonds. The van der Waals surface area contributed by atoms with E-state index in [2.05, 4.69) is 10.4 Å². The molecule has 0 fully saturated rings. The van der Waals surface area contributed by atoms with Gasteiger partial charge in [0.25, 0.3) is 5.91 Å². The van der Waals surface area contributed by atoms with Crippen LogP contribution >= 0.6 is 11.3 Å². The Balaban J connectivity index is 1.81. The number of carbonyl (C=O) groups excluding carboxylic acids is 2. The second-order valence-electron chi connectivity index (χ2n) is 6.32. The topological polar surface area (TPSA) is 111 Å². The first kappa shape index (κ1) is 19.1. The van der Waals surface area contributed by atoms with Crippen molar-refractivity contribution in [2.24, 2.45) is 0 Å². The third kappa shape index (κ3) is 4.36. The van der Waals surface area contributed by atoms with Crippen LogP contribution in [0.5, 0.6) is 0 Å². The number of aromatic nitrogens is 2. The number of aryl methyl sites for hydroxylation is 2. The van der Waals surface area contributed by atoms with E-state index >= 15 is 0 Å². The zero-order chi connectivity index (χ0) is 19.4. The number of ether oxygens (including phenoxy) is 1. The average Bonchev–Trinajstić information content (AvgIpc) is 3.18. The number of amides is 1. The molecule has 2 heterocycles. The number of thiophene rings is 1. The molecule has 0 bridgehead atoms. The first-order chi connectivity index (χ1) is 13.0. The number of nitrogens with one attached hydrogen (secondary N) is 1. The van der Waals surface area contributed by atoms with E-state index < -0.39 is 17.8 Å². The van der Waals surface area contributed by atoms with Crippen LogP contribution in [0.25, 0.3) is 0 Å². The Morgan fingerprint density at radius 3 is 2.81 bits per heavy atom. The zero-order valence-corrected chi connectivity index (χ0v) is 15.8. The van der Waals surface area contributed by atoms with Crippen molar-refractivity contribution in [1.29, 1.82) is 0 Å². The highest BCUT2D eigenvalue weighted by atomic mass is 32.1. The molecule has 27 heavy (non-hydrogen) atoms. The summed E-state index contributed by atoms with van der Waals surface area (Å²) < 4.78 is 6.34. The van der Waals surface area contributed by atoms with E-state index in [9.17, 15) is 14.4 Å². The maximum Gasteiger partial charge on any atom is 0.341 e. The van der Waals surface area contributed by atoms with E-state index in [4.69, 9.17) is 9.84 Å². The lowest BCUT2D eigenvalue weighted by Gasteiger charge is -2.06. The summed E-state index contributed by atoms with van der Waals surface area (Å²) in [5.74, 6) is -1.82. The van der Waals surface area contributed by atoms with Gasteiger partial charge >= 0.3 is 11.9 Å². The van der Waals surface area contributed by atoms with Crippen molar-refractivity contribution in [1.82, 2.24) is 9.78 Å². The number of hydrogen-bond donors (Lipinski definition) is 2. The molecule has 0 spiro atoms. The minimum Gasteiger partial charge on any atom is -0.481 e. The molecule has 0 saturated carbocycles. The molecule has 2 aromatic rings. The van der Waals surface area contributed by atoms with Crippen LogP contribution in [0, 0.1) is 0 Å². The number of nitrogens with zero attached hydrogens (tertiary/aromatic N) is 2. The summed E-state index contributed by atoms with van der Waals surface area (Å²) in [6.07, 6.45) is 6.37. The zero-order valence-electron chi connectivity index (χ0n) is 15.0. The highest BCUT2D eigenvalue weighted by Gasteiger charge is 2.26. The third-order valence-corrected chi connectivity index (χ3v) is 5.67. The van der Waals surface area contributed by atoms with E-state index in [-0.39, 0.29) is 18.7 Å². The van der Waals surface area contributed by atoms with Gasteiger partial charge in [0.1, 0.15) is 5.00 Å². The molecule has 9 heteroatoms. The van der Waals surface area contributed by atoms with E-state index in [0.29, 0.717) is 10.6 Å². The normalized spacial score (nSPS) is 13.5. The van der Waals surface area contributed by atoms with Gasteiger partial charge in [-0.3, -0.25) is 14.3 Å². The van der Waals surface area contributed by atoms with Crippen molar-refractivity contribution in [3.8, 4) is 0 Å². The smallest absolute Gasteiger partial charge is 0.341 e. The van der Waals surface area contributed by atoms with Gasteiger partial charge < -0.3 is 15.2 Å². The molecule has 144 valence electrons. The van der Waals surface area contributed by atoms with Crippen LogP contribution in [0.2, 0.25) is 0 Å². The Morgan fingerprint density at radius 2 is 2.07 bits per heavy atom. The number of fused-ring (bicyclic) bond motifs is 1. The molecule has 3 rings (SSSR count). The van der Waals surface area contributed by atoms with Gasteiger partial charge in [-0.1, -0.05) is 6.42 Å². The predicted molar refractivity (Wildman–Crippen MR) is 99.4 cm³/mol. The molecule has 2 aromatic heterocycles. The number of carboxylic acids is 1. The summed E-state index contributed by atoms with van der Waals surface area (Å²) in [7, 11) is 1.33. The average molecular weight is 391 g/mol. The minimum atomic E-state index is -0.931. The summed E-state index contributed by atoms with van der Waals surface area (Å²) in [4.78, 5) is 36.6. The number of anilines is 1. The van der Waals surface area contributed by atoms with Gasteiger partial charge in [0, 0.05) is 11.1 Å². The van der Waals surface area contributed by atoms with Crippen LogP contribution in [-0.4, -0.2) is 39.8 Å². The lowest BCUT2D eigenvalue weighted by atomic mass is 10.1. The molecule has 1 aliphatic rings. The predicted octanol–water partition coefficient (Wildman–Crippen LogP) is 2.73. The lowest BCUT2D eigenvalue weighted by molar-refractivity contribution is -0.137. The number of methoxy groups -OCH3 is 1. The van der Waals surface area contributed by atoms with Crippen molar-refractivity contribution in [2.75, 3.05) is 12.4 Å². The number of carbonyl (C=O) groups is 3. The maximum absolute atomic E-state index is 12.6. The molecule has 0 aliphatic heterocycles. The van der Waals surface area contributed by atoms with Crippen LogP contribution in [0.15, 0.2) is 12.3 Å². The third-order valence-electron chi connectivity index (χ3n) is 4.47.